The summed E-state index contributed by atoms with van der Waals surface area (Å²) in [5.74, 6) is -0.604. The van der Waals surface area contributed by atoms with E-state index in [0.717, 1.165) is 29.6 Å². The fourth-order valence-electron chi connectivity index (χ4n) is 2.70. The fraction of sp³-hybridized carbons (Fsp3) is 0.300. The number of benzene rings is 1. The highest BCUT2D eigenvalue weighted by Gasteiger charge is 2.15. The van der Waals surface area contributed by atoms with Crippen molar-refractivity contribution in [3.63, 3.8) is 0 Å². The number of aromatic nitrogens is 1. The summed E-state index contributed by atoms with van der Waals surface area (Å²) in [5.41, 5.74) is 3.10. The number of carbonyl (C=O) groups is 1. The Morgan fingerprint density at radius 2 is 2.08 bits per heavy atom. The standard InChI is InChI=1S/C20H21ClFN3O/c1-12(2)11-25-13(3)7-15(14(25)4)8-16(10-23)20(26)24-19-6-5-17(22)9-18(19)21/h5-9,12H,11H2,1-4H3,(H,24,26)/b16-8+. The zero-order valence-electron chi connectivity index (χ0n) is 15.2. The molecule has 1 aromatic carbocycles. The lowest BCUT2D eigenvalue weighted by Gasteiger charge is -2.12. The monoisotopic (exact) mass is 373 g/mol. The minimum Gasteiger partial charge on any atom is -0.348 e. The van der Waals surface area contributed by atoms with E-state index in [9.17, 15) is 14.4 Å². The number of hydrogen-bond acceptors (Lipinski definition) is 2. The summed E-state index contributed by atoms with van der Waals surface area (Å²) in [6.45, 7) is 9.09. The summed E-state index contributed by atoms with van der Waals surface area (Å²) >= 11 is 5.92. The molecule has 0 radical (unpaired) electrons. The van der Waals surface area contributed by atoms with Gasteiger partial charge in [-0.3, -0.25) is 4.79 Å². The molecule has 2 aromatic rings. The summed E-state index contributed by atoms with van der Waals surface area (Å²) < 4.78 is 15.3. The first-order valence-electron chi connectivity index (χ1n) is 8.27. The van der Waals surface area contributed by atoms with Crippen LogP contribution in [0.2, 0.25) is 5.02 Å². The Bertz CT molecular complexity index is 907. The second kappa shape index (κ2) is 8.20. The van der Waals surface area contributed by atoms with Gasteiger partial charge in [0.25, 0.3) is 5.91 Å². The molecule has 0 unspecified atom stereocenters. The molecule has 0 aliphatic carbocycles. The van der Waals surface area contributed by atoms with Crippen molar-refractivity contribution in [2.45, 2.75) is 34.2 Å². The van der Waals surface area contributed by atoms with E-state index in [0.29, 0.717) is 5.92 Å². The summed E-state index contributed by atoms with van der Waals surface area (Å²) in [6.07, 6.45) is 1.56. The van der Waals surface area contributed by atoms with Gasteiger partial charge in [-0.1, -0.05) is 25.4 Å². The smallest absolute Gasteiger partial charge is 0.266 e. The molecule has 0 atom stereocenters. The topological polar surface area (TPSA) is 57.8 Å². The van der Waals surface area contributed by atoms with Gasteiger partial charge in [-0.15, -0.1) is 0 Å². The van der Waals surface area contributed by atoms with Crippen molar-refractivity contribution >= 4 is 29.3 Å². The van der Waals surface area contributed by atoms with Crippen LogP contribution in [0.25, 0.3) is 6.08 Å². The SMILES string of the molecule is Cc1cc(/C=C(\C#N)C(=O)Nc2ccc(F)cc2Cl)c(C)n1CC(C)C. The van der Waals surface area contributed by atoms with Gasteiger partial charge in [-0.05, 0) is 55.7 Å². The van der Waals surface area contributed by atoms with Crippen LogP contribution >= 0.6 is 11.6 Å². The summed E-state index contributed by atoms with van der Waals surface area (Å²) in [6, 6.07) is 7.53. The molecule has 136 valence electrons. The molecule has 1 N–H and O–H groups in total. The van der Waals surface area contributed by atoms with Gasteiger partial charge >= 0.3 is 0 Å². The van der Waals surface area contributed by atoms with Crippen LogP contribution in [0.1, 0.15) is 30.8 Å². The van der Waals surface area contributed by atoms with Crippen LogP contribution < -0.4 is 5.32 Å². The van der Waals surface area contributed by atoms with Gasteiger partial charge in [0, 0.05) is 17.9 Å². The molecule has 0 bridgehead atoms. The first kappa shape index (κ1) is 19.7. The highest BCUT2D eigenvalue weighted by Crippen LogP contribution is 2.24. The minimum absolute atomic E-state index is 0.0461. The zero-order valence-corrected chi connectivity index (χ0v) is 16.0. The molecule has 2 rings (SSSR count). The molecule has 0 saturated heterocycles. The lowest BCUT2D eigenvalue weighted by atomic mass is 10.1. The van der Waals surface area contributed by atoms with Crippen LogP contribution in [0, 0.1) is 36.9 Å². The van der Waals surface area contributed by atoms with Crippen molar-refractivity contribution in [3.8, 4) is 6.07 Å². The van der Waals surface area contributed by atoms with E-state index in [1.165, 1.54) is 12.1 Å². The lowest BCUT2D eigenvalue weighted by Crippen LogP contribution is -2.14. The number of anilines is 1. The van der Waals surface area contributed by atoms with E-state index in [-0.39, 0.29) is 16.3 Å². The third kappa shape index (κ3) is 4.53. The van der Waals surface area contributed by atoms with Gasteiger partial charge in [0.05, 0.1) is 10.7 Å². The average molecular weight is 374 g/mol. The molecule has 26 heavy (non-hydrogen) atoms. The van der Waals surface area contributed by atoms with Gasteiger partial charge in [0.1, 0.15) is 17.5 Å². The number of nitrogens with one attached hydrogen (secondary N) is 1. The molecule has 0 saturated carbocycles. The molecule has 1 aromatic heterocycles. The van der Waals surface area contributed by atoms with Crippen LogP contribution in [-0.2, 0) is 11.3 Å². The van der Waals surface area contributed by atoms with Crippen molar-refractivity contribution in [2.24, 2.45) is 5.92 Å². The van der Waals surface area contributed by atoms with Crippen molar-refractivity contribution in [3.05, 3.63) is 57.6 Å². The number of hydrogen-bond donors (Lipinski definition) is 1. The molecule has 4 nitrogen and oxygen atoms in total. The van der Waals surface area contributed by atoms with Gasteiger partial charge in [0.2, 0.25) is 0 Å². The molecule has 1 heterocycles. The Morgan fingerprint density at radius 1 is 1.38 bits per heavy atom. The van der Waals surface area contributed by atoms with E-state index < -0.39 is 11.7 Å². The molecule has 6 heteroatoms. The number of rotatable bonds is 5. The van der Waals surface area contributed by atoms with E-state index in [1.54, 1.807) is 6.08 Å². The van der Waals surface area contributed by atoms with Crippen LogP contribution in [0.15, 0.2) is 29.8 Å². The van der Waals surface area contributed by atoms with Gasteiger partial charge < -0.3 is 9.88 Å². The predicted octanol–water partition coefficient (Wildman–Crippen LogP) is 5.10. The molecular formula is C20H21ClFN3O. The first-order chi connectivity index (χ1) is 12.2. The number of nitriles is 1. The Balaban J connectivity index is 2.30. The van der Waals surface area contributed by atoms with Crippen molar-refractivity contribution in [1.82, 2.24) is 4.57 Å². The number of nitrogens with zero attached hydrogens (tertiary/aromatic N) is 2. The van der Waals surface area contributed by atoms with E-state index in [1.807, 2.05) is 26.0 Å². The second-order valence-corrected chi connectivity index (χ2v) is 6.99. The van der Waals surface area contributed by atoms with Gasteiger partial charge in [-0.2, -0.15) is 5.26 Å². The molecule has 0 aliphatic rings. The first-order valence-corrected chi connectivity index (χ1v) is 8.65. The Hall–Kier alpha value is -2.58. The lowest BCUT2D eigenvalue weighted by molar-refractivity contribution is -0.112. The average Bonchev–Trinajstić information content (AvgIpc) is 2.82. The quantitative estimate of drug-likeness (QED) is 0.585. The number of halogens is 2. The second-order valence-electron chi connectivity index (χ2n) is 6.58. The van der Waals surface area contributed by atoms with Crippen LogP contribution in [-0.4, -0.2) is 10.5 Å². The Kier molecular flexibility index (Phi) is 6.23. The Labute approximate surface area is 157 Å². The highest BCUT2D eigenvalue weighted by atomic mass is 35.5. The normalized spacial score (nSPS) is 11.5. The third-order valence-electron chi connectivity index (χ3n) is 4.00. The third-order valence-corrected chi connectivity index (χ3v) is 4.32. The maximum atomic E-state index is 13.1. The molecule has 0 spiro atoms. The maximum Gasteiger partial charge on any atom is 0.266 e. The van der Waals surface area contributed by atoms with Crippen LogP contribution in [0.4, 0.5) is 10.1 Å². The Morgan fingerprint density at radius 3 is 2.65 bits per heavy atom. The van der Waals surface area contributed by atoms with Crippen molar-refractivity contribution in [2.75, 3.05) is 5.32 Å². The largest absolute Gasteiger partial charge is 0.348 e. The van der Waals surface area contributed by atoms with Crippen molar-refractivity contribution < 1.29 is 9.18 Å². The van der Waals surface area contributed by atoms with Crippen molar-refractivity contribution in [1.29, 1.82) is 5.26 Å². The van der Waals surface area contributed by atoms with Crippen LogP contribution in [0.3, 0.4) is 0 Å². The maximum absolute atomic E-state index is 13.1. The summed E-state index contributed by atoms with van der Waals surface area (Å²) in [7, 11) is 0. The van der Waals surface area contributed by atoms with E-state index in [4.69, 9.17) is 11.6 Å². The number of carbonyl (C=O) groups excluding carboxylic acids is 1. The molecule has 0 aliphatic heterocycles. The number of aryl methyl sites for hydroxylation is 1. The van der Waals surface area contributed by atoms with E-state index >= 15 is 0 Å². The van der Waals surface area contributed by atoms with Gasteiger partial charge in [-0.25, -0.2) is 4.39 Å². The molecule has 1 amide bonds. The summed E-state index contributed by atoms with van der Waals surface area (Å²) in [4.78, 5) is 12.4. The minimum atomic E-state index is -0.588. The fourth-order valence-corrected chi connectivity index (χ4v) is 2.92. The van der Waals surface area contributed by atoms with E-state index in [2.05, 4.69) is 23.7 Å². The predicted molar refractivity (Wildman–Crippen MR) is 102 cm³/mol. The number of amides is 1. The van der Waals surface area contributed by atoms with Gasteiger partial charge in [0.15, 0.2) is 0 Å². The van der Waals surface area contributed by atoms with Crippen LogP contribution in [0.5, 0.6) is 0 Å². The highest BCUT2D eigenvalue weighted by molar-refractivity contribution is 6.34. The molecule has 0 fully saturated rings. The summed E-state index contributed by atoms with van der Waals surface area (Å²) in [5, 5.41) is 12.0. The zero-order chi connectivity index (χ0) is 19.4. The molecular weight excluding hydrogens is 353 g/mol.